The van der Waals surface area contributed by atoms with Crippen molar-refractivity contribution in [3.05, 3.63) is 51.9 Å². The molecular weight excluding hydrogens is 254 g/mol. The number of benzene rings is 1. The summed E-state index contributed by atoms with van der Waals surface area (Å²) in [5.74, 6) is 0. The summed E-state index contributed by atoms with van der Waals surface area (Å²) in [6, 6.07) is 8.15. The molecule has 0 saturated carbocycles. The van der Waals surface area contributed by atoms with Gasteiger partial charge in [-0.3, -0.25) is 4.79 Å². The maximum Gasteiger partial charge on any atom is 0.148 e. The van der Waals surface area contributed by atoms with Crippen LogP contribution < -0.4 is 5.32 Å². The molecule has 0 bridgehead atoms. The number of carbonyl (C=O) groups is 1. The van der Waals surface area contributed by atoms with Crippen molar-refractivity contribution < 1.29 is 4.79 Å². The minimum absolute atomic E-state index is 0.0284. The average Bonchev–Trinajstić information content (AvgIpc) is 2.36. The van der Waals surface area contributed by atoms with Gasteiger partial charge in [-0.05, 0) is 35.8 Å². The first-order valence-electron chi connectivity index (χ1n) is 6.31. The van der Waals surface area contributed by atoms with Gasteiger partial charge in [0.05, 0.1) is 5.03 Å². The smallest absolute Gasteiger partial charge is 0.148 e. The molecule has 0 spiro atoms. The van der Waals surface area contributed by atoms with Gasteiger partial charge in [0.25, 0.3) is 0 Å². The van der Waals surface area contributed by atoms with E-state index < -0.39 is 0 Å². The van der Waals surface area contributed by atoms with E-state index >= 15 is 0 Å². The Morgan fingerprint density at radius 1 is 1.32 bits per heavy atom. The highest BCUT2D eigenvalue weighted by Crippen LogP contribution is 2.47. The lowest BCUT2D eigenvalue weighted by atomic mass is 9.85. The topological polar surface area (TPSA) is 29.1 Å². The summed E-state index contributed by atoms with van der Waals surface area (Å²) in [6.45, 7) is 10.4. The molecule has 0 aromatic heterocycles. The lowest BCUT2D eigenvalue weighted by Gasteiger charge is -2.33. The molecule has 0 unspecified atom stereocenters. The second-order valence-electron chi connectivity index (χ2n) is 5.55. The van der Waals surface area contributed by atoms with Crippen molar-refractivity contribution in [2.75, 3.05) is 5.32 Å². The molecule has 19 heavy (non-hydrogen) atoms. The van der Waals surface area contributed by atoms with Crippen LogP contribution in [0.15, 0.2) is 46.4 Å². The number of anilines is 1. The van der Waals surface area contributed by atoms with Gasteiger partial charge in [0, 0.05) is 11.3 Å². The standard InChI is InChI=1S/C16H19NOS/c1-11-5-7-14(8-6-11)17-15-13(10-18)9-16(3,4)12(2)19-15/h5-8,10,17H,2,9H2,1,3-4H3. The van der Waals surface area contributed by atoms with Crippen LogP contribution >= 0.6 is 11.8 Å². The van der Waals surface area contributed by atoms with E-state index in [9.17, 15) is 4.79 Å². The number of nitrogens with one attached hydrogen (secondary N) is 1. The second-order valence-corrected chi connectivity index (χ2v) is 6.65. The van der Waals surface area contributed by atoms with Crippen molar-refractivity contribution in [2.45, 2.75) is 27.2 Å². The Morgan fingerprint density at radius 2 is 1.95 bits per heavy atom. The van der Waals surface area contributed by atoms with E-state index in [4.69, 9.17) is 0 Å². The summed E-state index contributed by atoms with van der Waals surface area (Å²) < 4.78 is 0. The molecule has 2 rings (SSSR count). The zero-order valence-electron chi connectivity index (χ0n) is 11.6. The molecule has 1 N–H and O–H groups in total. The van der Waals surface area contributed by atoms with Crippen LogP contribution in [0.3, 0.4) is 0 Å². The normalized spacial score (nSPS) is 18.4. The predicted molar refractivity (Wildman–Crippen MR) is 83.0 cm³/mol. The minimum Gasteiger partial charge on any atom is -0.350 e. The molecule has 0 saturated heterocycles. The Labute approximate surface area is 119 Å². The summed E-state index contributed by atoms with van der Waals surface area (Å²) >= 11 is 1.57. The molecule has 1 aliphatic rings. The van der Waals surface area contributed by atoms with Gasteiger partial charge in [-0.2, -0.15) is 0 Å². The monoisotopic (exact) mass is 273 g/mol. The maximum absolute atomic E-state index is 11.3. The first kappa shape index (κ1) is 13.9. The summed E-state index contributed by atoms with van der Waals surface area (Å²) in [5.41, 5.74) is 3.01. The van der Waals surface area contributed by atoms with Gasteiger partial charge in [0.15, 0.2) is 0 Å². The number of hydrogen-bond acceptors (Lipinski definition) is 3. The Bertz CT molecular complexity index is 540. The number of thioether (sulfide) groups is 1. The third-order valence-electron chi connectivity index (χ3n) is 3.36. The minimum atomic E-state index is -0.0284. The van der Waals surface area contributed by atoms with Crippen molar-refractivity contribution in [2.24, 2.45) is 5.41 Å². The van der Waals surface area contributed by atoms with Gasteiger partial charge in [-0.15, -0.1) is 0 Å². The third kappa shape index (κ3) is 3.10. The van der Waals surface area contributed by atoms with Crippen LogP contribution in [0.25, 0.3) is 0 Å². The van der Waals surface area contributed by atoms with E-state index in [1.807, 2.05) is 12.1 Å². The molecule has 1 aromatic carbocycles. The number of carbonyl (C=O) groups excluding carboxylic acids is 1. The fraction of sp³-hybridized carbons (Fsp3) is 0.312. The molecule has 100 valence electrons. The molecule has 1 aromatic rings. The van der Waals surface area contributed by atoms with Crippen molar-refractivity contribution >= 4 is 23.7 Å². The van der Waals surface area contributed by atoms with E-state index in [0.717, 1.165) is 33.9 Å². The number of aldehydes is 1. The summed E-state index contributed by atoms with van der Waals surface area (Å²) in [5, 5.41) is 4.23. The molecule has 0 fully saturated rings. The van der Waals surface area contributed by atoms with Crippen molar-refractivity contribution in [1.82, 2.24) is 0 Å². The molecule has 3 heteroatoms. The highest BCUT2D eigenvalue weighted by Gasteiger charge is 2.31. The van der Waals surface area contributed by atoms with Crippen molar-refractivity contribution in [3.8, 4) is 0 Å². The first-order chi connectivity index (χ1) is 8.92. The van der Waals surface area contributed by atoms with Gasteiger partial charge >= 0.3 is 0 Å². The summed E-state index contributed by atoms with van der Waals surface area (Å²) in [7, 11) is 0. The Morgan fingerprint density at radius 3 is 2.53 bits per heavy atom. The van der Waals surface area contributed by atoms with Crippen LogP contribution in [0, 0.1) is 12.3 Å². The number of rotatable bonds is 3. The number of hydrogen-bond donors (Lipinski definition) is 1. The van der Waals surface area contributed by atoms with Gasteiger partial charge in [0.2, 0.25) is 0 Å². The summed E-state index contributed by atoms with van der Waals surface area (Å²) in [6.07, 6.45) is 1.69. The van der Waals surface area contributed by atoms with Crippen LogP contribution in [-0.2, 0) is 4.79 Å². The zero-order valence-corrected chi connectivity index (χ0v) is 12.4. The van der Waals surface area contributed by atoms with E-state index in [1.54, 1.807) is 11.8 Å². The van der Waals surface area contributed by atoms with Crippen LogP contribution in [0.2, 0.25) is 0 Å². The quantitative estimate of drug-likeness (QED) is 0.822. The SMILES string of the molecule is C=C1SC(Nc2ccc(C)cc2)=C(C=O)CC1(C)C. The Kier molecular flexibility index (Phi) is 3.85. The van der Waals surface area contributed by atoms with Crippen LogP contribution in [0.4, 0.5) is 5.69 Å². The summed E-state index contributed by atoms with van der Waals surface area (Å²) in [4.78, 5) is 12.4. The molecule has 2 nitrogen and oxygen atoms in total. The van der Waals surface area contributed by atoms with Crippen LogP contribution in [0.5, 0.6) is 0 Å². The fourth-order valence-electron chi connectivity index (χ4n) is 1.95. The fourth-order valence-corrected chi connectivity index (χ4v) is 2.97. The Hall–Kier alpha value is -1.48. The lowest BCUT2D eigenvalue weighted by molar-refractivity contribution is -0.105. The lowest BCUT2D eigenvalue weighted by Crippen LogP contribution is -2.21. The van der Waals surface area contributed by atoms with Crippen LogP contribution in [0.1, 0.15) is 25.8 Å². The van der Waals surface area contributed by atoms with E-state index in [2.05, 4.69) is 44.8 Å². The van der Waals surface area contributed by atoms with Gasteiger partial charge < -0.3 is 5.32 Å². The molecular formula is C16H19NOS. The molecule has 0 radical (unpaired) electrons. The first-order valence-corrected chi connectivity index (χ1v) is 7.13. The molecule has 0 atom stereocenters. The van der Waals surface area contributed by atoms with E-state index in [0.29, 0.717) is 0 Å². The predicted octanol–water partition coefficient (Wildman–Crippen LogP) is 4.49. The highest BCUT2D eigenvalue weighted by molar-refractivity contribution is 8.07. The molecule has 0 amide bonds. The van der Waals surface area contributed by atoms with Crippen LogP contribution in [-0.4, -0.2) is 6.29 Å². The van der Waals surface area contributed by atoms with Gasteiger partial charge in [-0.25, -0.2) is 0 Å². The van der Waals surface area contributed by atoms with Crippen molar-refractivity contribution in [1.29, 1.82) is 0 Å². The maximum atomic E-state index is 11.3. The van der Waals surface area contributed by atoms with Gasteiger partial charge in [0.1, 0.15) is 6.29 Å². The van der Waals surface area contributed by atoms with E-state index in [-0.39, 0.29) is 5.41 Å². The zero-order chi connectivity index (χ0) is 14.0. The average molecular weight is 273 g/mol. The largest absolute Gasteiger partial charge is 0.350 e. The molecule has 1 heterocycles. The molecule has 1 aliphatic heterocycles. The number of allylic oxidation sites excluding steroid dienone is 2. The Balaban J connectivity index is 2.27. The third-order valence-corrected chi connectivity index (χ3v) is 4.72. The number of aryl methyl sites for hydroxylation is 1. The van der Waals surface area contributed by atoms with Crippen molar-refractivity contribution in [3.63, 3.8) is 0 Å². The second kappa shape index (κ2) is 5.25. The van der Waals surface area contributed by atoms with Gasteiger partial charge in [-0.1, -0.05) is 49.9 Å². The highest BCUT2D eigenvalue weighted by atomic mass is 32.2. The molecule has 0 aliphatic carbocycles. The van der Waals surface area contributed by atoms with E-state index in [1.165, 1.54) is 5.56 Å².